The average molecular weight is 232 g/mol. The molecular formula is C15H24N2. The Morgan fingerprint density at radius 3 is 2.53 bits per heavy atom. The summed E-state index contributed by atoms with van der Waals surface area (Å²) in [4.78, 5) is 2.56. The van der Waals surface area contributed by atoms with Crippen molar-refractivity contribution in [2.75, 3.05) is 13.1 Å². The molecule has 2 atom stereocenters. The van der Waals surface area contributed by atoms with Gasteiger partial charge in [0.15, 0.2) is 0 Å². The Hall–Kier alpha value is -0.860. The third-order valence-corrected chi connectivity index (χ3v) is 3.92. The fourth-order valence-electron chi connectivity index (χ4n) is 3.06. The van der Waals surface area contributed by atoms with Crippen LogP contribution in [-0.4, -0.2) is 24.0 Å². The van der Waals surface area contributed by atoms with Crippen LogP contribution in [0.4, 0.5) is 0 Å². The molecule has 0 spiro atoms. The molecule has 0 radical (unpaired) electrons. The summed E-state index contributed by atoms with van der Waals surface area (Å²) in [6.07, 6.45) is 2.54. The van der Waals surface area contributed by atoms with Crippen molar-refractivity contribution >= 4 is 0 Å². The summed E-state index contributed by atoms with van der Waals surface area (Å²) in [6.45, 7) is 8.63. The van der Waals surface area contributed by atoms with Crippen molar-refractivity contribution in [1.29, 1.82) is 0 Å². The van der Waals surface area contributed by atoms with Crippen LogP contribution in [0.2, 0.25) is 0 Å². The summed E-state index contributed by atoms with van der Waals surface area (Å²) in [5.41, 5.74) is 10.0. The first-order chi connectivity index (χ1) is 8.11. The van der Waals surface area contributed by atoms with Gasteiger partial charge in [-0.2, -0.15) is 0 Å². The fraction of sp³-hybridized carbons (Fsp3) is 0.600. The zero-order valence-corrected chi connectivity index (χ0v) is 11.2. The smallest absolute Gasteiger partial charge is 0.0323 e. The van der Waals surface area contributed by atoms with Crippen molar-refractivity contribution < 1.29 is 0 Å². The number of rotatable bonds is 3. The summed E-state index contributed by atoms with van der Waals surface area (Å²) in [7, 11) is 0. The van der Waals surface area contributed by atoms with E-state index in [-0.39, 0.29) is 0 Å². The highest BCUT2D eigenvalue weighted by Gasteiger charge is 2.28. The predicted octanol–water partition coefficient (Wildman–Crippen LogP) is 2.79. The van der Waals surface area contributed by atoms with Gasteiger partial charge in [0.25, 0.3) is 0 Å². The van der Waals surface area contributed by atoms with Gasteiger partial charge in [0.2, 0.25) is 0 Å². The molecule has 2 unspecified atom stereocenters. The molecule has 17 heavy (non-hydrogen) atoms. The van der Waals surface area contributed by atoms with E-state index < -0.39 is 0 Å². The number of nitrogens with zero attached hydrogens (tertiary/aromatic N) is 1. The minimum absolute atomic E-state index is 0.490. The Balaban J connectivity index is 2.21. The molecule has 2 nitrogen and oxygen atoms in total. The predicted molar refractivity (Wildman–Crippen MR) is 73.1 cm³/mol. The zero-order chi connectivity index (χ0) is 12.4. The van der Waals surface area contributed by atoms with Gasteiger partial charge >= 0.3 is 0 Å². The molecule has 2 rings (SSSR count). The van der Waals surface area contributed by atoms with Gasteiger partial charge in [-0.15, -0.1) is 0 Å². The van der Waals surface area contributed by atoms with E-state index in [1.807, 2.05) is 0 Å². The molecule has 0 amide bonds. The van der Waals surface area contributed by atoms with Gasteiger partial charge in [0, 0.05) is 18.6 Å². The average Bonchev–Trinajstić information content (AvgIpc) is 2.74. The molecule has 0 aromatic heterocycles. The minimum Gasteiger partial charge on any atom is -0.329 e. The quantitative estimate of drug-likeness (QED) is 0.868. The van der Waals surface area contributed by atoms with E-state index >= 15 is 0 Å². The van der Waals surface area contributed by atoms with Crippen molar-refractivity contribution in [3.63, 3.8) is 0 Å². The highest BCUT2D eigenvalue weighted by molar-refractivity contribution is 5.30. The first kappa shape index (κ1) is 12.6. The van der Waals surface area contributed by atoms with Crippen LogP contribution >= 0.6 is 0 Å². The van der Waals surface area contributed by atoms with Crippen molar-refractivity contribution in [1.82, 2.24) is 4.90 Å². The topological polar surface area (TPSA) is 29.3 Å². The molecule has 94 valence electrons. The van der Waals surface area contributed by atoms with E-state index in [0.717, 1.165) is 6.54 Å². The van der Waals surface area contributed by atoms with E-state index in [1.165, 1.54) is 36.1 Å². The largest absolute Gasteiger partial charge is 0.329 e. The van der Waals surface area contributed by atoms with Gasteiger partial charge in [-0.1, -0.05) is 29.3 Å². The lowest BCUT2D eigenvalue weighted by atomic mass is 10.0. The van der Waals surface area contributed by atoms with Crippen molar-refractivity contribution in [2.24, 2.45) is 5.73 Å². The monoisotopic (exact) mass is 232 g/mol. The molecule has 1 fully saturated rings. The second-order valence-electron chi connectivity index (χ2n) is 5.37. The SMILES string of the molecule is Cc1cc(C)cc(C(C)N2CCCC2CN)c1. The van der Waals surface area contributed by atoms with E-state index in [1.54, 1.807) is 0 Å². The van der Waals surface area contributed by atoms with Crippen LogP contribution in [0.5, 0.6) is 0 Å². The molecule has 0 saturated carbocycles. The molecule has 1 aliphatic rings. The molecule has 0 bridgehead atoms. The molecule has 1 saturated heterocycles. The maximum Gasteiger partial charge on any atom is 0.0323 e. The maximum atomic E-state index is 5.86. The summed E-state index contributed by atoms with van der Waals surface area (Å²) in [5, 5.41) is 0. The van der Waals surface area contributed by atoms with E-state index in [0.29, 0.717) is 12.1 Å². The van der Waals surface area contributed by atoms with Gasteiger partial charge < -0.3 is 5.73 Å². The van der Waals surface area contributed by atoms with E-state index in [4.69, 9.17) is 5.73 Å². The Morgan fingerprint density at radius 1 is 1.29 bits per heavy atom. The Labute approximate surface area is 105 Å². The Kier molecular flexibility index (Phi) is 3.85. The van der Waals surface area contributed by atoms with Gasteiger partial charge in [-0.25, -0.2) is 0 Å². The van der Waals surface area contributed by atoms with Gasteiger partial charge in [0.05, 0.1) is 0 Å². The number of aryl methyl sites for hydroxylation is 2. The minimum atomic E-state index is 0.490. The maximum absolute atomic E-state index is 5.86. The van der Waals surface area contributed by atoms with Crippen LogP contribution in [-0.2, 0) is 0 Å². The summed E-state index contributed by atoms with van der Waals surface area (Å²) in [6, 6.07) is 7.92. The molecular weight excluding hydrogens is 208 g/mol. The van der Waals surface area contributed by atoms with Crippen LogP contribution < -0.4 is 5.73 Å². The van der Waals surface area contributed by atoms with Gasteiger partial charge in [0.1, 0.15) is 0 Å². The fourth-order valence-corrected chi connectivity index (χ4v) is 3.06. The molecule has 2 heteroatoms. The van der Waals surface area contributed by atoms with E-state index in [2.05, 4.69) is 43.9 Å². The zero-order valence-electron chi connectivity index (χ0n) is 11.2. The standard InChI is InChI=1S/C15H24N2/c1-11-7-12(2)9-14(8-11)13(3)17-6-4-5-15(17)10-16/h7-9,13,15H,4-6,10,16H2,1-3H3. The third kappa shape index (κ3) is 2.70. The third-order valence-electron chi connectivity index (χ3n) is 3.92. The lowest BCUT2D eigenvalue weighted by molar-refractivity contribution is 0.197. The molecule has 1 aliphatic heterocycles. The number of hydrogen-bond acceptors (Lipinski definition) is 2. The molecule has 1 heterocycles. The van der Waals surface area contributed by atoms with Crippen LogP contribution in [0.3, 0.4) is 0 Å². The highest BCUT2D eigenvalue weighted by atomic mass is 15.2. The molecule has 1 aromatic rings. The second kappa shape index (κ2) is 5.19. The lowest BCUT2D eigenvalue weighted by Gasteiger charge is -2.30. The molecule has 0 aliphatic carbocycles. The van der Waals surface area contributed by atoms with Crippen molar-refractivity contribution in [3.05, 3.63) is 34.9 Å². The lowest BCUT2D eigenvalue weighted by Crippen LogP contribution is -2.37. The second-order valence-corrected chi connectivity index (χ2v) is 5.37. The number of likely N-dealkylation sites (tertiary alicyclic amines) is 1. The number of hydrogen-bond donors (Lipinski definition) is 1. The Morgan fingerprint density at radius 2 is 1.94 bits per heavy atom. The summed E-state index contributed by atoms with van der Waals surface area (Å²) in [5.74, 6) is 0. The Bertz CT molecular complexity index is 366. The van der Waals surface area contributed by atoms with Crippen molar-refractivity contribution in [2.45, 2.75) is 45.7 Å². The van der Waals surface area contributed by atoms with Crippen molar-refractivity contribution in [3.8, 4) is 0 Å². The van der Waals surface area contributed by atoms with Gasteiger partial charge in [-0.3, -0.25) is 4.90 Å². The van der Waals surface area contributed by atoms with Crippen LogP contribution in [0.25, 0.3) is 0 Å². The summed E-state index contributed by atoms with van der Waals surface area (Å²) < 4.78 is 0. The van der Waals surface area contributed by atoms with Crippen LogP contribution in [0.15, 0.2) is 18.2 Å². The summed E-state index contributed by atoms with van der Waals surface area (Å²) >= 11 is 0. The first-order valence-electron chi connectivity index (χ1n) is 6.66. The molecule has 1 aromatic carbocycles. The van der Waals surface area contributed by atoms with E-state index in [9.17, 15) is 0 Å². The normalized spacial score (nSPS) is 22.9. The number of nitrogens with two attached hydrogens (primary N) is 1. The first-order valence-corrected chi connectivity index (χ1v) is 6.66. The highest BCUT2D eigenvalue weighted by Crippen LogP contribution is 2.29. The van der Waals surface area contributed by atoms with Crippen LogP contribution in [0, 0.1) is 13.8 Å². The molecule has 2 N–H and O–H groups in total. The number of benzene rings is 1. The van der Waals surface area contributed by atoms with Gasteiger partial charge in [-0.05, 0) is 45.7 Å². The van der Waals surface area contributed by atoms with Crippen LogP contribution in [0.1, 0.15) is 42.5 Å².